The summed E-state index contributed by atoms with van der Waals surface area (Å²) in [6, 6.07) is 17.2. The number of fused-ring (bicyclic) bond motifs is 3. The van der Waals surface area contributed by atoms with Gasteiger partial charge in [-0.3, -0.25) is 14.4 Å². The second-order valence-electron chi connectivity index (χ2n) is 15.4. The first-order valence-corrected chi connectivity index (χ1v) is 19.2. The predicted octanol–water partition coefficient (Wildman–Crippen LogP) is 4.21. The SMILES string of the molecule is CC(C)[C@H](NC(=O)OCC1c2ccccc2-c2ccccc21)C(=O)N[C@@H](CCCNC(N)=O)C(=O)Nc1ccc(CO)c(C(=O)NCCN(C)C(=O)OC(C)(C)C)c1. The maximum Gasteiger partial charge on any atom is 0.410 e. The van der Waals surface area contributed by atoms with Gasteiger partial charge in [0, 0.05) is 43.9 Å². The molecule has 0 bridgehead atoms. The van der Waals surface area contributed by atoms with Crippen molar-refractivity contribution in [2.24, 2.45) is 11.7 Å². The van der Waals surface area contributed by atoms with Crippen molar-refractivity contribution in [2.45, 2.75) is 77.7 Å². The summed E-state index contributed by atoms with van der Waals surface area (Å²) in [5.41, 5.74) is 9.31. The number of amides is 7. The number of hydrogen-bond acceptors (Lipinski definition) is 9. The third kappa shape index (κ3) is 12.4. The van der Waals surface area contributed by atoms with E-state index in [1.807, 2.05) is 48.5 Å². The number of nitrogens with two attached hydrogens (primary N) is 1. The number of anilines is 1. The third-order valence-corrected chi connectivity index (χ3v) is 9.40. The highest BCUT2D eigenvalue weighted by molar-refractivity contribution is 6.01. The van der Waals surface area contributed by atoms with Crippen LogP contribution in [0.15, 0.2) is 66.7 Å². The average molecular weight is 802 g/mol. The van der Waals surface area contributed by atoms with Crippen LogP contribution in [0.1, 0.15) is 80.4 Å². The quantitative estimate of drug-likeness (QED) is 0.0969. The normalized spacial score (nSPS) is 13.0. The molecule has 0 spiro atoms. The van der Waals surface area contributed by atoms with Gasteiger partial charge in [0.2, 0.25) is 11.8 Å². The summed E-state index contributed by atoms with van der Waals surface area (Å²) in [5, 5.41) is 23.2. The Balaban J connectivity index is 1.41. The van der Waals surface area contributed by atoms with E-state index < -0.39 is 66.1 Å². The molecule has 4 rings (SSSR count). The number of nitrogens with one attached hydrogen (secondary N) is 5. The molecule has 3 aromatic carbocycles. The van der Waals surface area contributed by atoms with Gasteiger partial charge in [-0.05, 0) is 79.5 Å². The second kappa shape index (κ2) is 20.3. The Bertz CT molecular complexity index is 1920. The molecule has 8 N–H and O–H groups in total. The average Bonchev–Trinajstić information content (AvgIpc) is 3.49. The minimum absolute atomic E-state index is 0.0440. The molecule has 0 heterocycles. The second-order valence-corrected chi connectivity index (χ2v) is 15.4. The summed E-state index contributed by atoms with van der Waals surface area (Å²) in [4.78, 5) is 78.7. The molecule has 58 heavy (non-hydrogen) atoms. The number of urea groups is 1. The molecule has 0 aliphatic heterocycles. The van der Waals surface area contributed by atoms with Gasteiger partial charge in [-0.2, -0.15) is 0 Å². The van der Waals surface area contributed by atoms with Crippen molar-refractivity contribution >= 4 is 41.6 Å². The summed E-state index contributed by atoms with van der Waals surface area (Å²) >= 11 is 0. The molecule has 0 aromatic heterocycles. The van der Waals surface area contributed by atoms with Crippen LogP contribution in [0, 0.1) is 5.92 Å². The van der Waals surface area contributed by atoms with Crippen LogP contribution < -0.4 is 32.3 Å². The summed E-state index contributed by atoms with van der Waals surface area (Å²) in [6.45, 7) is 8.64. The Labute approximate surface area is 338 Å². The monoisotopic (exact) mass is 801 g/mol. The number of carbonyl (C=O) groups is 6. The van der Waals surface area contributed by atoms with E-state index in [-0.39, 0.29) is 61.8 Å². The summed E-state index contributed by atoms with van der Waals surface area (Å²) in [6.07, 6.45) is -1.03. The minimum atomic E-state index is -1.15. The molecule has 0 saturated heterocycles. The fraction of sp³-hybridized carbons (Fsp3) is 0.429. The molecule has 0 fully saturated rings. The molecule has 2 atom stereocenters. The summed E-state index contributed by atoms with van der Waals surface area (Å²) in [7, 11) is 1.54. The van der Waals surface area contributed by atoms with Gasteiger partial charge in [0.15, 0.2) is 0 Å². The van der Waals surface area contributed by atoms with Gasteiger partial charge < -0.3 is 51.8 Å². The van der Waals surface area contributed by atoms with Gasteiger partial charge in [0.1, 0.15) is 24.3 Å². The smallest absolute Gasteiger partial charge is 0.410 e. The molecule has 16 nitrogen and oxygen atoms in total. The van der Waals surface area contributed by atoms with Gasteiger partial charge in [-0.1, -0.05) is 68.4 Å². The lowest BCUT2D eigenvalue weighted by Crippen LogP contribution is -2.54. The molecular weight excluding hydrogens is 747 g/mol. The molecule has 0 radical (unpaired) electrons. The molecule has 7 amide bonds. The van der Waals surface area contributed by atoms with E-state index >= 15 is 0 Å². The van der Waals surface area contributed by atoms with Gasteiger partial charge in [0.25, 0.3) is 5.91 Å². The summed E-state index contributed by atoms with van der Waals surface area (Å²) < 4.78 is 11.0. The van der Waals surface area contributed by atoms with Crippen molar-refractivity contribution in [3.63, 3.8) is 0 Å². The Morgan fingerprint density at radius 1 is 0.862 bits per heavy atom. The number of carbonyl (C=O) groups excluding carboxylic acids is 6. The van der Waals surface area contributed by atoms with Crippen molar-refractivity contribution in [3.8, 4) is 11.1 Å². The predicted molar refractivity (Wildman–Crippen MR) is 218 cm³/mol. The largest absolute Gasteiger partial charge is 0.449 e. The third-order valence-electron chi connectivity index (χ3n) is 9.40. The van der Waals surface area contributed by atoms with Crippen LogP contribution in [0.4, 0.5) is 20.1 Å². The number of alkyl carbamates (subject to hydrolysis) is 1. The number of aliphatic hydroxyl groups excluding tert-OH is 1. The van der Waals surface area contributed by atoms with Gasteiger partial charge in [0.05, 0.1) is 6.61 Å². The fourth-order valence-corrected chi connectivity index (χ4v) is 6.45. The Morgan fingerprint density at radius 3 is 2.09 bits per heavy atom. The van der Waals surface area contributed by atoms with E-state index in [0.29, 0.717) is 0 Å². The van der Waals surface area contributed by atoms with Crippen LogP contribution >= 0.6 is 0 Å². The maximum atomic E-state index is 13.7. The maximum absolute atomic E-state index is 13.7. The number of benzene rings is 3. The van der Waals surface area contributed by atoms with Crippen LogP contribution in [0.5, 0.6) is 0 Å². The van der Waals surface area contributed by atoms with E-state index in [9.17, 15) is 33.9 Å². The standard InChI is InChI=1S/C42H55N7O9/c1-25(2)35(48-40(55)57-24-33-30-14-9-7-12-28(30)29-13-8-10-15-31(29)33)38(53)47-34(16-11-19-45-39(43)54)37(52)46-27-18-17-26(23-50)32(22-27)36(51)44-20-21-49(6)41(56)58-42(3,4)5/h7-10,12-15,17-18,22,25,33-35,50H,11,16,19-21,23-24H2,1-6H3,(H,44,51)(H,46,52)(H,47,53)(H,48,55)(H3,43,45,54)/t34-,35-/m0/s1. The van der Waals surface area contributed by atoms with E-state index in [2.05, 4.69) is 26.6 Å². The molecule has 312 valence electrons. The fourth-order valence-electron chi connectivity index (χ4n) is 6.45. The number of rotatable bonds is 17. The number of nitrogens with zero attached hydrogens (tertiary/aromatic N) is 1. The van der Waals surface area contributed by atoms with Crippen LogP contribution in [0.3, 0.4) is 0 Å². The van der Waals surface area contributed by atoms with Crippen LogP contribution in [0.25, 0.3) is 11.1 Å². The Hall–Kier alpha value is -6.16. The van der Waals surface area contributed by atoms with Crippen molar-refractivity contribution in [2.75, 3.05) is 38.6 Å². The first-order chi connectivity index (χ1) is 27.5. The topological polar surface area (TPSA) is 231 Å². The van der Waals surface area contributed by atoms with Gasteiger partial charge >= 0.3 is 18.2 Å². The van der Waals surface area contributed by atoms with Crippen LogP contribution in [-0.2, 0) is 25.7 Å². The first kappa shape index (κ1) is 44.6. The van der Waals surface area contributed by atoms with Gasteiger partial charge in [-0.15, -0.1) is 0 Å². The van der Waals surface area contributed by atoms with Crippen LogP contribution in [0.2, 0.25) is 0 Å². The number of aliphatic hydroxyl groups is 1. The number of hydrogen-bond donors (Lipinski definition) is 7. The van der Waals surface area contributed by atoms with Gasteiger partial charge in [-0.25, -0.2) is 14.4 Å². The molecular formula is C42H55N7O9. The van der Waals surface area contributed by atoms with Crippen molar-refractivity contribution in [1.82, 2.24) is 26.2 Å². The number of primary amides is 1. The highest BCUT2D eigenvalue weighted by Crippen LogP contribution is 2.44. The molecule has 3 aromatic rings. The summed E-state index contributed by atoms with van der Waals surface area (Å²) in [5.74, 6) is -2.43. The van der Waals surface area contributed by atoms with Crippen molar-refractivity contribution in [1.29, 1.82) is 0 Å². The Kier molecular flexibility index (Phi) is 15.6. The lowest BCUT2D eigenvalue weighted by atomic mass is 9.98. The van der Waals surface area contributed by atoms with Crippen molar-refractivity contribution < 1.29 is 43.3 Å². The Morgan fingerprint density at radius 2 is 1.50 bits per heavy atom. The molecule has 0 saturated carbocycles. The molecule has 0 unspecified atom stereocenters. The highest BCUT2D eigenvalue weighted by Gasteiger charge is 2.32. The minimum Gasteiger partial charge on any atom is -0.449 e. The lowest BCUT2D eigenvalue weighted by Gasteiger charge is -2.25. The number of likely N-dealkylation sites (N-methyl/N-ethyl adjacent to an activating group) is 1. The zero-order valence-corrected chi connectivity index (χ0v) is 33.8. The van der Waals surface area contributed by atoms with Crippen LogP contribution in [-0.4, -0.2) is 96.9 Å². The zero-order chi connectivity index (χ0) is 42.6. The van der Waals surface area contributed by atoms with E-state index in [4.69, 9.17) is 15.2 Å². The highest BCUT2D eigenvalue weighted by atomic mass is 16.6. The van der Waals surface area contributed by atoms with E-state index in [1.54, 1.807) is 34.6 Å². The first-order valence-electron chi connectivity index (χ1n) is 19.2. The van der Waals surface area contributed by atoms with Crippen molar-refractivity contribution in [3.05, 3.63) is 89.0 Å². The molecule has 1 aliphatic rings. The molecule has 16 heteroatoms. The molecule has 1 aliphatic carbocycles. The van der Waals surface area contributed by atoms with E-state index in [1.165, 1.54) is 30.1 Å². The van der Waals surface area contributed by atoms with E-state index in [0.717, 1.165) is 22.3 Å². The number of ether oxygens (including phenoxy) is 2. The zero-order valence-electron chi connectivity index (χ0n) is 33.8. The lowest BCUT2D eigenvalue weighted by molar-refractivity contribution is -0.128.